The van der Waals surface area contributed by atoms with E-state index in [1.807, 2.05) is 0 Å². The summed E-state index contributed by atoms with van der Waals surface area (Å²) in [7, 11) is 0. The van der Waals surface area contributed by atoms with Crippen LogP contribution in [-0.2, 0) is 5.41 Å². The molecule has 0 saturated heterocycles. The molecule has 0 fully saturated rings. The fourth-order valence-electron chi connectivity index (χ4n) is 9.25. The molecule has 1 heteroatoms. The van der Waals surface area contributed by atoms with Crippen LogP contribution in [0.3, 0.4) is 0 Å². The van der Waals surface area contributed by atoms with Crippen LogP contribution >= 0.6 is 0 Å². The van der Waals surface area contributed by atoms with Gasteiger partial charge in [-0.3, -0.25) is 0 Å². The van der Waals surface area contributed by atoms with Gasteiger partial charge in [-0.25, -0.2) is 0 Å². The predicted molar refractivity (Wildman–Crippen MR) is 246 cm³/mol. The Hall–Kier alpha value is -7.22. The molecule has 1 aliphatic rings. The minimum atomic E-state index is -0.176. The van der Waals surface area contributed by atoms with Gasteiger partial charge in [0.05, 0.1) is 11.4 Å². The molecule has 0 N–H and O–H groups in total. The van der Waals surface area contributed by atoms with Gasteiger partial charge < -0.3 is 4.90 Å². The second-order valence-electron chi connectivity index (χ2n) is 15.6. The van der Waals surface area contributed by atoms with Crippen molar-refractivity contribution in [1.82, 2.24) is 0 Å². The van der Waals surface area contributed by atoms with Gasteiger partial charge in [0.15, 0.2) is 0 Å². The highest BCUT2D eigenvalue weighted by Crippen LogP contribution is 2.55. The van der Waals surface area contributed by atoms with E-state index >= 15 is 0 Å². The van der Waals surface area contributed by atoms with Crippen molar-refractivity contribution in [1.29, 1.82) is 0 Å². The normalized spacial score (nSPS) is 12.4. The number of para-hydroxylation sites is 1. The van der Waals surface area contributed by atoms with Gasteiger partial charge in [-0.1, -0.05) is 214 Å². The molecule has 276 valence electrons. The van der Waals surface area contributed by atoms with Crippen LogP contribution in [0.2, 0.25) is 0 Å². The molecule has 1 aliphatic carbocycles. The van der Waals surface area contributed by atoms with E-state index in [0.29, 0.717) is 0 Å². The van der Waals surface area contributed by atoms with Gasteiger partial charge in [0, 0.05) is 22.2 Å². The van der Waals surface area contributed by atoms with Crippen molar-refractivity contribution in [3.8, 4) is 66.8 Å². The van der Waals surface area contributed by atoms with Crippen LogP contribution in [0.15, 0.2) is 224 Å². The average molecular weight is 742 g/mol. The van der Waals surface area contributed by atoms with Crippen LogP contribution in [0.4, 0.5) is 17.1 Å². The molecule has 0 amide bonds. The number of hydrogen-bond donors (Lipinski definition) is 0. The maximum absolute atomic E-state index is 2.50. The molecule has 58 heavy (non-hydrogen) atoms. The fourth-order valence-corrected chi connectivity index (χ4v) is 9.25. The number of anilines is 3. The van der Waals surface area contributed by atoms with Crippen molar-refractivity contribution in [3.05, 3.63) is 236 Å². The first-order valence-corrected chi connectivity index (χ1v) is 20.2. The number of hydrogen-bond acceptors (Lipinski definition) is 1. The Balaban J connectivity index is 1.27. The van der Waals surface area contributed by atoms with Gasteiger partial charge in [0.25, 0.3) is 0 Å². The minimum absolute atomic E-state index is 0.176. The highest BCUT2D eigenvalue weighted by Gasteiger charge is 2.38. The fraction of sp³-hybridized carbons (Fsp3) is 0.0526. The molecular weight excluding hydrogens is 699 g/mol. The van der Waals surface area contributed by atoms with Crippen molar-refractivity contribution >= 4 is 17.1 Å². The zero-order valence-electron chi connectivity index (χ0n) is 32.8. The molecular formula is C57H43N. The maximum Gasteiger partial charge on any atom is 0.0546 e. The summed E-state index contributed by atoms with van der Waals surface area (Å²) in [6.45, 7) is 4.76. The quantitative estimate of drug-likeness (QED) is 0.150. The Morgan fingerprint density at radius 1 is 0.293 bits per heavy atom. The smallest absolute Gasteiger partial charge is 0.0546 e. The number of rotatable bonds is 8. The Morgan fingerprint density at radius 3 is 1.40 bits per heavy atom. The van der Waals surface area contributed by atoms with E-state index in [1.54, 1.807) is 0 Å². The van der Waals surface area contributed by atoms with Gasteiger partial charge >= 0.3 is 0 Å². The predicted octanol–water partition coefficient (Wildman–Crippen LogP) is 15.8. The Kier molecular flexibility index (Phi) is 8.92. The lowest BCUT2D eigenvalue weighted by Gasteiger charge is -2.32. The summed E-state index contributed by atoms with van der Waals surface area (Å²) in [5.74, 6) is 0. The molecule has 0 heterocycles. The molecule has 1 nitrogen and oxygen atoms in total. The third-order valence-electron chi connectivity index (χ3n) is 11.9. The van der Waals surface area contributed by atoms with E-state index in [2.05, 4.69) is 243 Å². The molecule has 0 atom stereocenters. The van der Waals surface area contributed by atoms with Gasteiger partial charge in [0.1, 0.15) is 0 Å². The third-order valence-corrected chi connectivity index (χ3v) is 11.9. The van der Waals surface area contributed by atoms with Crippen molar-refractivity contribution in [2.75, 3.05) is 4.90 Å². The van der Waals surface area contributed by atoms with Crippen LogP contribution in [0.25, 0.3) is 66.8 Å². The highest BCUT2D eigenvalue weighted by molar-refractivity contribution is 6.03. The van der Waals surface area contributed by atoms with Crippen molar-refractivity contribution in [2.24, 2.45) is 0 Å². The van der Waals surface area contributed by atoms with E-state index in [-0.39, 0.29) is 5.41 Å². The summed E-state index contributed by atoms with van der Waals surface area (Å²) >= 11 is 0. The number of benzene rings is 9. The Labute approximate surface area is 342 Å². The molecule has 0 aliphatic heterocycles. The maximum atomic E-state index is 2.50. The molecule has 9 aromatic carbocycles. The summed E-state index contributed by atoms with van der Waals surface area (Å²) in [6, 6.07) is 81.8. The third kappa shape index (κ3) is 6.04. The minimum Gasteiger partial charge on any atom is -0.309 e. The standard InChI is InChI=1S/C57H43N/c1-57(2)52-33-16-14-27-47(52)50-31-18-32-51(56(50)57)48-28-15-17-34-53(48)58(44-38-36-41(37-39-44)40-20-6-3-7-21-40)54-35-19-30-46(43-24-10-5-11-25-43)55(54)49-29-13-12-26-45(49)42-22-8-4-9-23-42/h3-39H,1-2H3. The lowest BCUT2D eigenvalue weighted by molar-refractivity contribution is 0.662. The lowest BCUT2D eigenvalue weighted by atomic mass is 9.78. The van der Waals surface area contributed by atoms with Gasteiger partial charge in [-0.2, -0.15) is 0 Å². The largest absolute Gasteiger partial charge is 0.309 e. The van der Waals surface area contributed by atoms with Crippen LogP contribution in [0.1, 0.15) is 25.0 Å². The molecule has 0 spiro atoms. The van der Waals surface area contributed by atoms with Gasteiger partial charge in [0.2, 0.25) is 0 Å². The monoisotopic (exact) mass is 741 g/mol. The van der Waals surface area contributed by atoms with Crippen LogP contribution in [0.5, 0.6) is 0 Å². The number of nitrogens with zero attached hydrogens (tertiary/aromatic N) is 1. The molecule has 0 bridgehead atoms. The van der Waals surface area contributed by atoms with Gasteiger partial charge in [-0.15, -0.1) is 0 Å². The SMILES string of the molecule is CC1(C)c2ccccc2-c2cccc(-c3ccccc3N(c3ccc(-c4ccccc4)cc3)c3cccc(-c4ccccc4)c3-c3ccccc3-c3ccccc3)c21. The van der Waals surface area contributed by atoms with Crippen LogP contribution < -0.4 is 4.90 Å². The van der Waals surface area contributed by atoms with Crippen molar-refractivity contribution < 1.29 is 0 Å². The molecule has 10 rings (SSSR count). The molecule has 0 radical (unpaired) electrons. The van der Waals surface area contributed by atoms with E-state index in [0.717, 1.165) is 17.1 Å². The molecule has 9 aromatic rings. The molecule has 0 unspecified atom stereocenters. The first-order chi connectivity index (χ1) is 28.6. The average Bonchev–Trinajstić information content (AvgIpc) is 3.53. The second kappa shape index (κ2) is 14.7. The van der Waals surface area contributed by atoms with E-state index in [9.17, 15) is 0 Å². The van der Waals surface area contributed by atoms with Crippen LogP contribution in [0, 0.1) is 0 Å². The second-order valence-corrected chi connectivity index (χ2v) is 15.6. The summed E-state index contributed by atoms with van der Waals surface area (Å²) in [5, 5.41) is 0. The zero-order chi connectivity index (χ0) is 39.1. The zero-order valence-corrected chi connectivity index (χ0v) is 32.8. The molecule has 0 aromatic heterocycles. The van der Waals surface area contributed by atoms with Crippen molar-refractivity contribution in [3.63, 3.8) is 0 Å². The number of fused-ring (bicyclic) bond motifs is 3. The molecule has 0 saturated carbocycles. The highest BCUT2D eigenvalue weighted by atomic mass is 15.1. The van der Waals surface area contributed by atoms with E-state index in [4.69, 9.17) is 0 Å². The first-order valence-electron chi connectivity index (χ1n) is 20.2. The summed E-state index contributed by atoms with van der Waals surface area (Å²) in [5.41, 5.74) is 20.5. The summed E-state index contributed by atoms with van der Waals surface area (Å²) in [4.78, 5) is 2.50. The lowest BCUT2D eigenvalue weighted by Crippen LogP contribution is -2.17. The topological polar surface area (TPSA) is 3.24 Å². The van der Waals surface area contributed by atoms with E-state index in [1.165, 1.54) is 77.9 Å². The Bertz CT molecular complexity index is 2890. The van der Waals surface area contributed by atoms with Gasteiger partial charge in [-0.05, 0) is 91.0 Å². The summed E-state index contributed by atoms with van der Waals surface area (Å²) < 4.78 is 0. The van der Waals surface area contributed by atoms with Crippen LogP contribution in [-0.4, -0.2) is 0 Å². The van der Waals surface area contributed by atoms with E-state index < -0.39 is 0 Å². The van der Waals surface area contributed by atoms with Crippen molar-refractivity contribution in [2.45, 2.75) is 19.3 Å². The first kappa shape index (κ1) is 35.2. The summed E-state index contributed by atoms with van der Waals surface area (Å²) in [6.07, 6.45) is 0. The Morgan fingerprint density at radius 2 is 0.724 bits per heavy atom.